The first kappa shape index (κ1) is 20.5. The van der Waals surface area contributed by atoms with Crippen LogP contribution < -0.4 is 10.9 Å². The zero-order chi connectivity index (χ0) is 21.4. The van der Waals surface area contributed by atoms with E-state index in [9.17, 15) is 19.5 Å². The fraction of sp³-hybridized carbons (Fsp3) is 0.429. The van der Waals surface area contributed by atoms with E-state index in [-0.39, 0.29) is 36.3 Å². The molecule has 1 saturated heterocycles. The number of hydrogen-bond acceptors (Lipinski definition) is 6. The Morgan fingerprint density at radius 2 is 2.20 bits per heavy atom. The van der Waals surface area contributed by atoms with Crippen molar-refractivity contribution < 1.29 is 14.7 Å². The minimum atomic E-state index is -0.819. The molecule has 4 rings (SSSR count). The van der Waals surface area contributed by atoms with Crippen molar-refractivity contribution >= 4 is 34.4 Å². The van der Waals surface area contributed by atoms with Crippen LogP contribution in [0.3, 0.4) is 0 Å². The molecule has 2 aromatic rings. The van der Waals surface area contributed by atoms with Crippen molar-refractivity contribution in [3.8, 4) is 0 Å². The highest BCUT2D eigenvalue weighted by molar-refractivity contribution is 7.13. The second-order valence-corrected chi connectivity index (χ2v) is 8.40. The van der Waals surface area contributed by atoms with E-state index in [4.69, 9.17) is 0 Å². The number of pyridine rings is 1. The second kappa shape index (κ2) is 8.16. The topological polar surface area (TPSA) is 105 Å². The molecule has 0 spiro atoms. The lowest BCUT2D eigenvalue weighted by Gasteiger charge is -2.30. The van der Waals surface area contributed by atoms with Gasteiger partial charge in [0, 0.05) is 54.2 Å². The lowest BCUT2D eigenvalue weighted by atomic mass is 9.88. The number of carbonyl (C=O) groups is 2. The number of allylic oxidation sites excluding steroid dienone is 1. The van der Waals surface area contributed by atoms with Crippen LogP contribution in [0.1, 0.15) is 37.6 Å². The zero-order valence-corrected chi connectivity index (χ0v) is 17.6. The quantitative estimate of drug-likeness (QED) is 0.757. The first-order chi connectivity index (χ1) is 14.5. The van der Waals surface area contributed by atoms with Crippen LogP contribution >= 0.6 is 11.3 Å². The van der Waals surface area contributed by atoms with Crippen molar-refractivity contribution in [2.75, 3.05) is 11.9 Å². The van der Waals surface area contributed by atoms with Gasteiger partial charge in [0.05, 0.1) is 6.04 Å². The number of aliphatic hydroxyl groups is 1. The number of aliphatic hydroxyl groups excluding tert-OH is 1. The van der Waals surface area contributed by atoms with Crippen molar-refractivity contribution in [3.05, 3.63) is 51.4 Å². The first-order valence-electron chi connectivity index (χ1n) is 10.0. The van der Waals surface area contributed by atoms with Gasteiger partial charge in [-0.25, -0.2) is 4.98 Å². The van der Waals surface area contributed by atoms with Crippen LogP contribution in [0.25, 0.3) is 6.08 Å². The highest BCUT2D eigenvalue weighted by Gasteiger charge is 2.57. The van der Waals surface area contributed by atoms with E-state index in [1.165, 1.54) is 11.3 Å². The SMILES string of the molecule is C/C=C\c1ccc2n(c1=O)C[C@H]1[C@H](CO)[C@@H](C(=O)Nc3nccs3)N(C(=O)CC)[C@@H]21. The number of rotatable bonds is 5. The fourth-order valence-corrected chi connectivity index (χ4v) is 5.27. The first-order valence-corrected chi connectivity index (χ1v) is 10.9. The van der Waals surface area contributed by atoms with Crippen LogP contribution in [0.15, 0.2) is 34.6 Å². The average Bonchev–Trinajstić information content (AvgIpc) is 3.44. The molecule has 4 atom stereocenters. The standard InChI is InChI=1S/C21H24N4O4S/c1-3-5-12-6-7-15-17-13(10-24(15)20(12)29)14(11-26)18(25(17)16(27)4-2)19(28)23-21-22-8-9-30-21/h3,5-9,13-14,17-18,26H,4,10-11H2,1-2H3,(H,22,23,28)/b5-3-/t13-,14-,17+,18-/m0/s1. The third-order valence-corrected chi connectivity index (χ3v) is 6.66. The molecule has 2 aromatic heterocycles. The highest BCUT2D eigenvalue weighted by Crippen LogP contribution is 2.49. The molecule has 30 heavy (non-hydrogen) atoms. The van der Waals surface area contributed by atoms with Gasteiger partial charge in [0.25, 0.3) is 5.56 Å². The molecule has 0 aromatic carbocycles. The van der Waals surface area contributed by atoms with Crippen molar-refractivity contribution in [2.24, 2.45) is 11.8 Å². The monoisotopic (exact) mass is 428 g/mol. The van der Waals surface area contributed by atoms with Crippen molar-refractivity contribution in [1.29, 1.82) is 0 Å². The van der Waals surface area contributed by atoms with Crippen LogP contribution in [-0.4, -0.2) is 44.0 Å². The van der Waals surface area contributed by atoms with E-state index < -0.39 is 18.0 Å². The third kappa shape index (κ3) is 3.18. The number of hydrogen-bond donors (Lipinski definition) is 2. The maximum absolute atomic E-state index is 13.1. The normalized spacial score (nSPS) is 24.8. The van der Waals surface area contributed by atoms with E-state index in [0.29, 0.717) is 22.9 Å². The van der Waals surface area contributed by atoms with Gasteiger partial charge in [-0.3, -0.25) is 14.4 Å². The molecule has 1 fully saturated rings. The Hall–Kier alpha value is -2.78. The maximum atomic E-state index is 13.1. The van der Waals surface area contributed by atoms with Gasteiger partial charge in [0.15, 0.2) is 5.13 Å². The summed E-state index contributed by atoms with van der Waals surface area (Å²) in [6.45, 7) is 3.71. The molecule has 0 saturated carbocycles. The molecule has 0 unspecified atom stereocenters. The summed E-state index contributed by atoms with van der Waals surface area (Å²) in [7, 11) is 0. The zero-order valence-electron chi connectivity index (χ0n) is 16.8. The Morgan fingerprint density at radius 3 is 2.83 bits per heavy atom. The summed E-state index contributed by atoms with van der Waals surface area (Å²) in [5.41, 5.74) is 1.17. The van der Waals surface area contributed by atoms with E-state index in [1.54, 1.807) is 40.1 Å². The van der Waals surface area contributed by atoms with Gasteiger partial charge in [-0.05, 0) is 19.1 Å². The fourth-order valence-electron chi connectivity index (χ4n) is 4.74. The van der Waals surface area contributed by atoms with Gasteiger partial charge in [-0.15, -0.1) is 11.3 Å². The molecule has 9 heteroatoms. The molecule has 2 aliphatic rings. The van der Waals surface area contributed by atoms with E-state index >= 15 is 0 Å². The van der Waals surface area contributed by atoms with Crippen LogP contribution in [0.5, 0.6) is 0 Å². The Bertz CT molecular complexity index is 1050. The molecule has 158 valence electrons. The number of thiazole rings is 1. The van der Waals surface area contributed by atoms with Gasteiger partial charge in [0.2, 0.25) is 11.8 Å². The van der Waals surface area contributed by atoms with Gasteiger partial charge < -0.3 is 19.9 Å². The smallest absolute Gasteiger partial charge is 0.258 e. The summed E-state index contributed by atoms with van der Waals surface area (Å²) in [6, 6.07) is 2.36. The Balaban J connectivity index is 1.77. The number of amides is 2. The Morgan fingerprint density at radius 1 is 1.40 bits per heavy atom. The lowest BCUT2D eigenvalue weighted by Crippen LogP contribution is -2.48. The maximum Gasteiger partial charge on any atom is 0.258 e. The summed E-state index contributed by atoms with van der Waals surface area (Å²) >= 11 is 1.29. The number of likely N-dealkylation sites (tertiary alicyclic amines) is 1. The van der Waals surface area contributed by atoms with E-state index in [1.807, 2.05) is 19.1 Å². The molecule has 0 bridgehead atoms. The number of nitrogens with one attached hydrogen (secondary N) is 1. The molecular formula is C21H24N4O4S. The number of nitrogens with zero attached hydrogens (tertiary/aromatic N) is 3. The summed E-state index contributed by atoms with van der Waals surface area (Å²) in [6.07, 6.45) is 5.38. The van der Waals surface area contributed by atoms with Crippen LogP contribution in [0.4, 0.5) is 5.13 Å². The third-order valence-electron chi connectivity index (χ3n) is 5.97. The van der Waals surface area contributed by atoms with Gasteiger partial charge in [-0.1, -0.05) is 19.1 Å². The van der Waals surface area contributed by atoms with E-state index in [2.05, 4.69) is 10.3 Å². The molecule has 2 amide bonds. The predicted molar refractivity (Wildman–Crippen MR) is 114 cm³/mol. The largest absolute Gasteiger partial charge is 0.396 e. The van der Waals surface area contributed by atoms with Crippen LogP contribution in [0, 0.1) is 11.8 Å². The van der Waals surface area contributed by atoms with Crippen molar-refractivity contribution in [2.45, 2.75) is 38.9 Å². The number of anilines is 1. The van der Waals surface area contributed by atoms with E-state index in [0.717, 1.165) is 0 Å². The van der Waals surface area contributed by atoms with Crippen molar-refractivity contribution in [1.82, 2.24) is 14.5 Å². The average molecular weight is 429 g/mol. The second-order valence-electron chi connectivity index (χ2n) is 7.51. The Kier molecular flexibility index (Phi) is 5.57. The number of fused-ring (bicyclic) bond motifs is 3. The van der Waals surface area contributed by atoms with Crippen LogP contribution in [0.2, 0.25) is 0 Å². The minimum Gasteiger partial charge on any atom is -0.396 e. The Labute approximate surface area is 177 Å². The summed E-state index contributed by atoms with van der Waals surface area (Å²) in [4.78, 5) is 44.7. The highest BCUT2D eigenvalue weighted by atomic mass is 32.1. The molecule has 2 aliphatic heterocycles. The summed E-state index contributed by atoms with van der Waals surface area (Å²) < 4.78 is 1.68. The van der Waals surface area contributed by atoms with Gasteiger partial charge >= 0.3 is 0 Å². The molecule has 0 aliphatic carbocycles. The molecule has 4 heterocycles. The van der Waals surface area contributed by atoms with Gasteiger partial charge in [0.1, 0.15) is 6.04 Å². The molecule has 2 N–H and O–H groups in total. The summed E-state index contributed by atoms with van der Waals surface area (Å²) in [5.74, 6) is -1.24. The van der Waals surface area contributed by atoms with Crippen LogP contribution in [-0.2, 0) is 16.1 Å². The number of aromatic nitrogens is 2. The summed E-state index contributed by atoms with van der Waals surface area (Å²) in [5, 5.41) is 15.2. The minimum absolute atomic E-state index is 0.121. The lowest BCUT2D eigenvalue weighted by molar-refractivity contribution is -0.139. The van der Waals surface area contributed by atoms with Crippen molar-refractivity contribution in [3.63, 3.8) is 0 Å². The molecular weight excluding hydrogens is 404 g/mol. The number of carbonyl (C=O) groups excluding carboxylic acids is 2. The predicted octanol–water partition coefficient (Wildman–Crippen LogP) is 1.88. The van der Waals surface area contributed by atoms with Gasteiger partial charge in [-0.2, -0.15) is 0 Å². The molecule has 0 radical (unpaired) electrons. The molecule has 8 nitrogen and oxygen atoms in total.